The van der Waals surface area contributed by atoms with Crippen molar-refractivity contribution < 1.29 is 43.5 Å². The number of nitrogen functional groups attached to an aromatic ring is 1. The topological polar surface area (TPSA) is 187 Å². The van der Waals surface area contributed by atoms with Crippen LogP contribution >= 0.6 is 0 Å². The number of anilines is 2. The highest BCUT2D eigenvalue weighted by atomic mass is 16.6. The van der Waals surface area contributed by atoms with Crippen LogP contribution in [-0.2, 0) is 14.4 Å². The van der Waals surface area contributed by atoms with E-state index in [1.807, 2.05) is 23.1 Å². The van der Waals surface area contributed by atoms with Gasteiger partial charge in [0.05, 0.1) is 19.7 Å². The molecule has 2 aromatic carbocycles. The van der Waals surface area contributed by atoms with Crippen LogP contribution in [0.1, 0.15) is 13.8 Å². The van der Waals surface area contributed by atoms with Crippen molar-refractivity contribution in [3.8, 4) is 23.0 Å². The summed E-state index contributed by atoms with van der Waals surface area (Å²) in [5.74, 6) is 1.52. The number of carboxylic acid groups (broad SMARTS) is 2. The van der Waals surface area contributed by atoms with Crippen molar-refractivity contribution >= 4 is 40.5 Å². The minimum absolute atomic E-state index is 0.0834. The van der Waals surface area contributed by atoms with Crippen molar-refractivity contribution in [1.29, 1.82) is 0 Å². The van der Waals surface area contributed by atoms with Crippen molar-refractivity contribution in [3.05, 3.63) is 36.4 Å². The minimum Gasteiger partial charge on any atom is -0.493 e. The molecule has 41 heavy (non-hydrogen) atoms. The van der Waals surface area contributed by atoms with Crippen LogP contribution in [0.25, 0.3) is 10.9 Å². The standard InChI is InChI=1S/C23H25N5O5.2C2H4O2/c1-30-18-11-14-15(12-19(18)31-2)25-23(26-21(14)24)28-9-7-27(8-10-28)22(29)20-13-32-16-5-3-4-6-17(16)33-20;2*1-2(3)4/h3-6,11-12,20H,7-10,13H2,1-2H3,(H2,24,25,26);2*1H3,(H,3,4). The molecule has 1 atom stereocenters. The number of nitrogens with zero attached hydrogens (tertiary/aromatic N) is 4. The number of benzene rings is 2. The monoisotopic (exact) mass is 571 g/mol. The molecule has 1 saturated heterocycles. The third kappa shape index (κ3) is 8.00. The molecule has 5 rings (SSSR count). The summed E-state index contributed by atoms with van der Waals surface area (Å²) >= 11 is 0. The van der Waals surface area contributed by atoms with Crippen LogP contribution in [0.4, 0.5) is 11.8 Å². The highest BCUT2D eigenvalue weighted by Gasteiger charge is 2.33. The molecule has 3 aromatic rings. The Morgan fingerprint density at radius 2 is 1.49 bits per heavy atom. The number of amides is 1. The summed E-state index contributed by atoms with van der Waals surface area (Å²) in [6.45, 7) is 4.56. The third-order valence-corrected chi connectivity index (χ3v) is 5.88. The number of fused-ring (bicyclic) bond motifs is 2. The number of ether oxygens (including phenoxy) is 4. The Morgan fingerprint density at radius 3 is 2.07 bits per heavy atom. The summed E-state index contributed by atoms with van der Waals surface area (Å²) in [4.78, 5) is 44.0. The Kier molecular flexibility index (Phi) is 10.3. The molecule has 1 amide bonds. The molecule has 0 bridgehead atoms. The Balaban J connectivity index is 0.000000515. The number of carboxylic acids is 2. The summed E-state index contributed by atoms with van der Waals surface area (Å²) in [6, 6.07) is 10.9. The molecule has 0 aliphatic carbocycles. The van der Waals surface area contributed by atoms with Gasteiger partial charge in [-0.1, -0.05) is 12.1 Å². The second kappa shape index (κ2) is 13.9. The average molecular weight is 572 g/mol. The van der Waals surface area contributed by atoms with Gasteiger partial charge in [0.25, 0.3) is 17.8 Å². The lowest BCUT2D eigenvalue weighted by Gasteiger charge is -2.37. The second-order valence-electron chi connectivity index (χ2n) is 8.85. The molecule has 1 unspecified atom stereocenters. The maximum Gasteiger partial charge on any atom is 0.300 e. The second-order valence-corrected chi connectivity index (χ2v) is 8.85. The van der Waals surface area contributed by atoms with Gasteiger partial charge in [0.2, 0.25) is 12.1 Å². The van der Waals surface area contributed by atoms with Crippen molar-refractivity contribution in [2.24, 2.45) is 0 Å². The first kappa shape index (κ1) is 30.5. The van der Waals surface area contributed by atoms with Gasteiger partial charge in [0.15, 0.2) is 23.0 Å². The first-order valence-electron chi connectivity index (χ1n) is 12.5. The zero-order chi connectivity index (χ0) is 30.1. The van der Waals surface area contributed by atoms with Crippen LogP contribution in [-0.4, -0.2) is 96.0 Å². The summed E-state index contributed by atoms with van der Waals surface area (Å²) in [5, 5.41) is 15.5. The van der Waals surface area contributed by atoms with E-state index < -0.39 is 18.0 Å². The van der Waals surface area contributed by atoms with Crippen LogP contribution in [0.2, 0.25) is 0 Å². The molecule has 0 spiro atoms. The van der Waals surface area contributed by atoms with Gasteiger partial charge in [-0.05, 0) is 18.2 Å². The molecule has 14 nitrogen and oxygen atoms in total. The maximum atomic E-state index is 13.0. The maximum absolute atomic E-state index is 13.0. The number of piperazine rings is 1. The highest BCUT2D eigenvalue weighted by molar-refractivity contribution is 5.91. The number of nitrogens with two attached hydrogens (primary N) is 1. The molecule has 4 N–H and O–H groups in total. The van der Waals surface area contributed by atoms with E-state index in [1.165, 1.54) is 0 Å². The zero-order valence-corrected chi connectivity index (χ0v) is 23.2. The summed E-state index contributed by atoms with van der Waals surface area (Å²) < 4.78 is 22.3. The SMILES string of the molecule is CC(=O)O.CC(=O)O.COc1cc2nc(N3CCN(C(=O)C4COc5ccccc5O4)CC3)nc(N)c2cc1OC. The number of aromatic nitrogens is 2. The summed E-state index contributed by atoms with van der Waals surface area (Å²) in [7, 11) is 3.14. The van der Waals surface area contributed by atoms with Gasteiger partial charge < -0.3 is 44.7 Å². The van der Waals surface area contributed by atoms with E-state index in [2.05, 4.69) is 9.97 Å². The number of para-hydroxylation sites is 2. The quantitative estimate of drug-likeness (QED) is 0.412. The first-order chi connectivity index (χ1) is 19.5. The van der Waals surface area contributed by atoms with Crippen LogP contribution in [0, 0.1) is 0 Å². The summed E-state index contributed by atoms with van der Waals surface area (Å²) in [5.41, 5.74) is 6.89. The lowest BCUT2D eigenvalue weighted by molar-refractivity contribution is -0.141. The number of rotatable bonds is 4. The van der Waals surface area contributed by atoms with Crippen molar-refractivity contribution in [2.75, 3.05) is 57.6 Å². The normalized spacial score (nSPS) is 15.5. The van der Waals surface area contributed by atoms with Crippen molar-refractivity contribution in [1.82, 2.24) is 14.9 Å². The largest absolute Gasteiger partial charge is 0.493 e. The molecule has 3 heterocycles. The molecule has 2 aliphatic rings. The molecular weight excluding hydrogens is 538 g/mol. The third-order valence-electron chi connectivity index (χ3n) is 5.88. The van der Waals surface area contributed by atoms with Gasteiger partial charge in [-0.3, -0.25) is 14.4 Å². The predicted octanol–water partition coefficient (Wildman–Crippen LogP) is 1.90. The van der Waals surface area contributed by atoms with Crippen LogP contribution < -0.4 is 29.6 Å². The Bertz CT molecular complexity index is 1370. The number of aliphatic carboxylic acids is 2. The average Bonchev–Trinajstić information content (AvgIpc) is 2.95. The van der Waals surface area contributed by atoms with Gasteiger partial charge in [0, 0.05) is 51.5 Å². The van der Waals surface area contributed by atoms with E-state index >= 15 is 0 Å². The van der Waals surface area contributed by atoms with Gasteiger partial charge in [-0.25, -0.2) is 4.98 Å². The van der Waals surface area contributed by atoms with E-state index in [0.29, 0.717) is 71.8 Å². The fourth-order valence-corrected chi connectivity index (χ4v) is 4.08. The molecule has 220 valence electrons. The fourth-order valence-electron chi connectivity index (χ4n) is 4.08. The number of carbonyl (C=O) groups excluding carboxylic acids is 1. The molecule has 14 heteroatoms. The van der Waals surface area contributed by atoms with E-state index in [4.69, 9.17) is 44.5 Å². The van der Waals surface area contributed by atoms with E-state index in [0.717, 1.165) is 13.8 Å². The Hall–Kier alpha value is -5.01. The number of carbonyl (C=O) groups is 3. The van der Waals surface area contributed by atoms with Gasteiger partial charge in [-0.2, -0.15) is 4.98 Å². The van der Waals surface area contributed by atoms with Crippen LogP contribution in [0.5, 0.6) is 23.0 Å². The molecule has 2 aliphatic heterocycles. The number of hydrogen-bond donors (Lipinski definition) is 3. The highest BCUT2D eigenvalue weighted by Crippen LogP contribution is 2.34. The Labute approximate surface area is 236 Å². The molecule has 1 aromatic heterocycles. The van der Waals surface area contributed by atoms with E-state index in [1.54, 1.807) is 37.3 Å². The fraction of sp³-hybridized carbons (Fsp3) is 0.370. The lowest BCUT2D eigenvalue weighted by atomic mass is 10.2. The molecular formula is C27H33N5O9. The number of methoxy groups -OCH3 is 2. The van der Waals surface area contributed by atoms with E-state index in [-0.39, 0.29) is 12.5 Å². The van der Waals surface area contributed by atoms with Gasteiger partial charge >= 0.3 is 0 Å². The first-order valence-corrected chi connectivity index (χ1v) is 12.5. The Morgan fingerprint density at radius 1 is 0.927 bits per heavy atom. The van der Waals surface area contributed by atoms with Crippen molar-refractivity contribution in [3.63, 3.8) is 0 Å². The van der Waals surface area contributed by atoms with E-state index in [9.17, 15) is 4.79 Å². The lowest BCUT2D eigenvalue weighted by Crippen LogP contribution is -2.54. The van der Waals surface area contributed by atoms with Crippen LogP contribution in [0.15, 0.2) is 36.4 Å². The van der Waals surface area contributed by atoms with Crippen molar-refractivity contribution in [2.45, 2.75) is 20.0 Å². The predicted molar refractivity (Wildman–Crippen MR) is 149 cm³/mol. The summed E-state index contributed by atoms with van der Waals surface area (Å²) in [6.07, 6.45) is -0.651. The molecule has 1 fully saturated rings. The molecule has 0 radical (unpaired) electrons. The van der Waals surface area contributed by atoms with Gasteiger partial charge in [-0.15, -0.1) is 0 Å². The smallest absolute Gasteiger partial charge is 0.300 e. The van der Waals surface area contributed by atoms with Gasteiger partial charge in [0.1, 0.15) is 12.4 Å². The van der Waals surface area contributed by atoms with Crippen LogP contribution in [0.3, 0.4) is 0 Å². The molecule has 0 saturated carbocycles. The zero-order valence-electron chi connectivity index (χ0n) is 23.2. The number of hydrogen-bond acceptors (Lipinski definition) is 11. The minimum atomic E-state index is -0.833.